The van der Waals surface area contributed by atoms with Crippen LogP contribution in [0.3, 0.4) is 0 Å². The van der Waals surface area contributed by atoms with Gasteiger partial charge in [0.25, 0.3) is 0 Å². The Morgan fingerprint density at radius 3 is 2.71 bits per heavy atom. The van der Waals surface area contributed by atoms with Crippen molar-refractivity contribution in [1.82, 2.24) is 5.43 Å². The quantitative estimate of drug-likeness (QED) is 0.307. The topological polar surface area (TPSA) is 78.4 Å². The summed E-state index contributed by atoms with van der Waals surface area (Å²) in [5, 5.41) is 6.38. The lowest BCUT2D eigenvalue weighted by atomic mass is 10.1. The Balaban J connectivity index is 1.45. The van der Waals surface area contributed by atoms with E-state index in [0.29, 0.717) is 37.9 Å². The molecule has 1 heterocycles. The lowest BCUT2D eigenvalue weighted by molar-refractivity contribution is -0.159. The first-order chi connectivity index (χ1) is 16.5. The van der Waals surface area contributed by atoms with E-state index in [0.717, 1.165) is 21.0 Å². The van der Waals surface area contributed by atoms with Crippen LogP contribution in [0.25, 0.3) is 10.8 Å². The van der Waals surface area contributed by atoms with Gasteiger partial charge in [-0.15, -0.1) is 0 Å². The van der Waals surface area contributed by atoms with Gasteiger partial charge in [-0.3, -0.25) is 4.79 Å². The normalized spacial score (nSPS) is 15.0. The van der Waals surface area contributed by atoms with Gasteiger partial charge in [0.2, 0.25) is 5.91 Å². The highest BCUT2D eigenvalue weighted by Gasteiger charge is 2.33. The number of rotatable bonds is 9. The first kappa shape index (κ1) is 24.2. The lowest BCUT2D eigenvalue weighted by Crippen LogP contribution is -2.33. The Kier molecular flexibility index (Phi) is 7.82. The van der Waals surface area contributed by atoms with Crippen molar-refractivity contribution in [2.45, 2.75) is 32.7 Å². The number of benzene rings is 3. The second-order valence-electron chi connectivity index (χ2n) is 7.99. The van der Waals surface area contributed by atoms with Crippen molar-refractivity contribution < 1.29 is 23.7 Å². The average molecular weight is 527 g/mol. The predicted molar refractivity (Wildman–Crippen MR) is 134 cm³/mol. The van der Waals surface area contributed by atoms with Gasteiger partial charge in [0.05, 0.1) is 36.9 Å². The number of carbonyl (C=O) groups excluding carboxylic acids is 1. The molecule has 34 heavy (non-hydrogen) atoms. The van der Waals surface area contributed by atoms with Gasteiger partial charge in [0, 0.05) is 0 Å². The molecule has 0 aromatic heterocycles. The molecule has 1 N–H and O–H groups in total. The van der Waals surface area contributed by atoms with Crippen LogP contribution in [-0.4, -0.2) is 37.7 Å². The maximum atomic E-state index is 12.2. The summed E-state index contributed by atoms with van der Waals surface area (Å²) < 4.78 is 23.6. The number of halogens is 1. The molecule has 178 valence electrons. The molecule has 3 aromatic rings. The number of ether oxygens (including phenoxy) is 4. The number of nitrogens with zero attached hydrogens (tertiary/aromatic N) is 1. The number of hydrogen-bond donors (Lipinski definition) is 1. The third kappa shape index (κ3) is 5.94. The maximum absolute atomic E-state index is 12.2. The second-order valence-corrected chi connectivity index (χ2v) is 8.84. The van der Waals surface area contributed by atoms with Crippen LogP contribution in [0.5, 0.6) is 11.5 Å². The van der Waals surface area contributed by atoms with Crippen LogP contribution in [0.2, 0.25) is 0 Å². The van der Waals surface area contributed by atoms with Gasteiger partial charge >= 0.3 is 0 Å². The van der Waals surface area contributed by atoms with E-state index in [4.69, 9.17) is 18.9 Å². The van der Waals surface area contributed by atoms with Crippen molar-refractivity contribution >= 4 is 38.8 Å². The zero-order chi connectivity index (χ0) is 24.0. The van der Waals surface area contributed by atoms with Crippen molar-refractivity contribution in [3.8, 4) is 11.5 Å². The third-order valence-corrected chi connectivity index (χ3v) is 5.96. The van der Waals surface area contributed by atoms with E-state index < -0.39 is 5.79 Å². The Morgan fingerprint density at radius 1 is 1.15 bits per heavy atom. The summed E-state index contributed by atoms with van der Waals surface area (Å²) in [6, 6.07) is 18.1. The van der Waals surface area contributed by atoms with Crippen molar-refractivity contribution in [3.05, 3.63) is 70.2 Å². The third-order valence-electron chi connectivity index (χ3n) is 5.37. The molecule has 4 rings (SSSR count). The van der Waals surface area contributed by atoms with Crippen LogP contribution in [0.4, 0.5) is 0 Å². The van der Waals surface area contributed by atoms with E-state index in [1.807, 2.05) is 37.3 Å². The molecule has 0 radical (unpaired) electrons. The first-order valence-electron chi connectivity index (χ1n) is 11.1. The summed E-state index contributed by atoms with van der Waals surface area (Å²) in [4.78, 5) is 12.2. The van der Waals surface area contributed by atoms with Crippen molar-refractivity contribution in [2.75, 3.05) is 19.8 Å². The zero-order valence-corrected chi connectivity index (χ0v) is 20.8. The van der Waals surface area contributed by atoms with Gasteiger partial charge in [-0.2, -0.15) is 5.10 Å². The standard InChI is InChI=1S/C26H27BrN2O5/c1-3-31-23-14-18(16-28-29-24(30)15-26(2)33-11-12-34-26)13-22(27)25(23)32-17-20-9-6-8-19-7-4-5-10-21(19)20/h4-10,13-14,16H,3,11-12,15,17H2,1-2H3,(H,29,30)/b28-16-. The molecule has 0 unspecified atom stereocenters. The Morgan fingerprint density at radius 2 is 1.91 bits per heavy atom. The Labute approximate surface area is 207 Å². The van der Waals surface area contributed by atoms with Crippen LogP contribution in [0, 0.1) is 0 Å². The van der Waals surface area contributed by atoms with Crippen molar-refractivity contribution in [3.63, 3.8) is 0 Å². The van der Waals surface area contributed by atoms with Gasteiger partial charge in [-0.05, 0) is 63.8 Å². The van der Waals surface area contributed by atoms with E-state index in [2.05, 4.69) is 50.7 Å². The highest BCUT2D eigenvalue weighted by atomic mass is 79.9. The number of nitrogens with one attached hydrogen (secondary N) is 1. The summed E-state index contributed by atoms with van der Waals surface area (Å²) >= 11 is 3.59. The molecule has 3 aromatic carbocycles. The summed E-state index contributed by atoms with van der Waals surface area (Å²) in [5.41, 5.74) is 4.35. The second kappa shape index (κ2) is 11.0. The lowest BCUT2D eigenvalue weighted by Gasteiger charge is -2.20. The van der Waals surface area contributed by atoms with Crippen LogP contribution >= 0.6 is 15.9 Å². The molecule has 7 nitrogen and oxygen atoms in total. The van der Waals surface area contributed by atoms with Crippen molar-refractivity contribution in [1.29, 1.82) is 0 Å². The number of hydrogen-bond acceptors (Lipinski definition) is 6. The van der Waals surface area contributed by atoms with Gasteiger partial charge in [0.1, 0.15) is 6.61 Å². The minimum absolute atomic E-state index is 0.0686. The molecule has 1 aliphatic heterocycles. The summed E-state index contributed by atoms with van der Waals surface area (Å²) in [7, 11) is 0. The summed E-state index contributed by atoms with van der Waals surface area (Å²) in [6.07, 6.45) is 1.62. The number of hydrazone groups is 1. The molecule has 0 aliphatic carbocycles. The molecule has 1 fully saturated rings. The van der Waals surface area contributed by atoms with Crippen LogP contribution < -0.4 is 14.9 Å². The fraction of sp³-hybridized carbons (Fsp3) is 0.308. The van der Waals surface area contributed by atoms with Crippen LogP contribution in [0.15, 0.2) is 64.2 Å². The van der Waals surface area contributed by atoms with Gasteiger partial charge in [-0.25, -0.2) is 5.43 Å². The smallest absolute Gasteiger partial charge is 0.245 e. The molecule has 1 saturated heterocycles. The zero-order valence-electron chi connectivity index (χ0n) is 19.2. The highest BCUT2D eigenvalue weighted by molar-refractivity contribution is 9.10. The largest absolute Gasteiger partial charge is 0.490 e. The maximum Gasteiger partial charge on any atom is 0.245 e. The van der Waals surface area contributed by atoms with Gasteiger partial charge in [0.15, 0.2) is 17.3 Å². The molecule has 0 saturated carbocycles. The fourth-order valence-electron chi connectivity index (χ4n) is 3.80. The molecule has 0 bridgehead atoms. The van der Waals surface area contributed by atoms with Crippen LogP contribution in [0.1, 0.15) is 31.4 Å². The van der Waals surface area contributed by atoms with E-state index in [-0.39, 0.29) is 12.3 Å². The Bertz CT molecular complexity index is 1190. The summed E-state index contributed by atoms with van der Waals surface area (Å²) in [5.74, 6) is 0.0118. The molecule has 1 amide bonds. The average Bonchev–Trinajstić information content (AvgIpc) is 3.24. The fourth-order valence-corrected chi connectivity index (χ4v) is 4.38. The van der Waals surface area contributed by atoms with E-state index in [1.165, 1.54) is 5.39 Å². The minimum atomic E-state index is -0.895. The molecule has 0 atom stereocenters. The first-order valence-corrected chi connectivity index (χ1v) is 11.9. The molecule has 1 aliphatic rings. The van der Waals surface area contributed by atoms with Crippen molar-refractivity contribution in [2.24, 2.45) is 5.10 Å². The molecule has 8 heteroatoms. The number of carbonyl (C=O) groups is 1. The van der Waals surface area contributed by atoms with Gasteiger partial charge < -0.3 is 18.9 Å². The predicted octanol–water partition coefficient (Wildman–Crippen LogP) is 5.18. The SMILES string of the molecule is CCOc1cc(/C=N\NC(=O)CC2(C)OCCO2)cc(Br)c1OCc1cccc2ccccc12. The monoisotopic (exact) mass is 526 g/mol. The van der Waals surface area contributed by atoms with Crippen LogP contribution in [-0.2, 0) is 20.9 Å². The van der Waals surface area contributed by atoms with E-state index in [9.17, 15) is 4.79 Å². The molecule has 0 spiro atoms. The highest BCUT2D eigenvalue weighted by Crippen LogP contribution is 2.37. The Hall–Kier alpha value is -2.94. The van der Waals surface area contributed by atoms with E-state index >= 15 is 0 Å². The summed E-state index contributed by atoms with van der Waals surface area (Å²) in [6.45, 7) is 5.49. The van der Waals surface area contributed by atoms with E-state index in [1.54, 1.807) is 13.1 Å². The minimum Gasteiger partial charge on any atom is -0.490 e. The number of amides is 1. The van der Waals surface area contributed by atoms with Gasteiger partial charge in [-0.1, -0.05) is 42.5 Å². The molecular formula is C26H27BrN2O5. The number of fused-ring (bicyclic) bond motifs is 1. The molecular weight excluding hydrogens is 500 g/mol.